The molecule has 3 rings (SSSR count). The molecule has 0 spiro atoms. The third kappa shape index (κ3) is 1.97. The maximum Gasteiger partial charge on any atom is 0.336 e. The molecular formula is C14H13NO4. The number of carbonyl (C=O) groups is 2. The Morgan fingerprint density at radius 3 is 2.68 bits per heavy atom. The van der Waals surface area contributed by atoms with Crippen molar-refractivity contribution in [1.29, 1.82) is 0 Å². The third-order valence-corrected chi connectivity index (χ3v) is 3.44. The molecule has 1 aromatic rings. The van der Waals surface area contributed by atoms with Crippen molar-refractivity contribution in [1.82, 2.24) is 5.32 Å². The monoisotopic (exact) mass is 259 g/mol. The predicted octanol–water partition coefficient (Wildman–Crippen LogP) is 1.11. The summed E-state index contributed by atoms with van der Waals surface area (Å²) in [6.07, 6.45) is 0.264. The van der Waals surface area contributed by atoms with Crippen molar-refractivity contribution >= 4 is 11.9 Å². The molecule has 5 heteroatoms. The van der Waals surface area contributed by atoms with Crippen LogP contribution in [0.5, 0.6) is 5.75 Å². The lowest BCUT2D eigenvalue weighted by Crippen LogP contribution is -2.32. The molecule has 0 aliphatic carbocycles. The Bertz CT molecular complexity index is 574. The van der Waals surface area contributed by atoms with Gasteiger partial charge in [-0.2, -0.15) is 0 Å². The number of cyclic esters (lactones) is 1. The van der Waals surface area contributed by atoms with Crippen LogP contribution in [0.1, 0.15) is 17.9 Å². The van der Waals surface area contributed by atoms with Crippen molar-refractivity contribution < 1.29 is 19.1 Å². The highest BCUT2D eigenvalue weighted by Crippen LogP contribution is 2.36. The average Bonchev–Trinajstić information content (AvgIpc) is 2.79. The summed E-state index contributed by atoms with van der Waals surface area (Å²) in [5.41, 5.74) is 2.09. The van der Waals surface area contributed by atoms with Crippen molar-refractivity contribution in [3.05, 3.63) is 41.1 Å². The van der Waals surface area contributed by atoms with Crippen LogP contribution in [0.4, 0.5) is 0 Å². The first kappa shape index (κ1) is 11.8. The average molecular weight is 259 g/mol. The molecule has 0 fully saturated rings. The number of methoxy groups -OCH3 is 1. The maximum absolute atomic E-state index is 11.8. The fraction of sp³-hybridized carbons (Fsp3) is 0.286. The molecule has 0 bridgehead atoms. The zero-order chi connectivity index (χ0) is 13.4. The molecule has 19 heavy (non-hydrogen) atoms. The summed E-state index contributed by atoms with van der Waals surface area (Å²) in [6.45, 7) is 0.159. The van der Waals surface area contributed by atoms with Crippen LogP contribution in [0.15, 0.2) is 35.5 Å². The Labute approximate surface area is 110 Å². The summed E-state index contributed by atoms with van der Waals surface area (Å²) in [4.78, 5) is 23.4. The smallest absolute Gasteiger partial charge is 0.336 e. The SMILES string of the molecule is COc1ccc([C@H]2CC(=O)NC3=C2C(=O)OC3)cc1. The summed E-state index contributed by atoms with van der Waals surface area (Å²) in [5.74, 6) is 0.0885. The minimum Gasteiger partial charge on any atom is -0.497 e. The van der Waals surface area contributed by atoms with E-state index in [2.05, 4.69) is 5.32 Å². The van der Waals surface area contributed by atoms with E-state index in [9.17, 15) is 9.59 Å². The van der Waals surface area contributed by atoms with E-state index in [1.165, 1.54) is 0 Å². The van der Waals surface area contributed by atoms with Gasteiger partial charge in [-0.15, -0.1) is 0 Å². The number of ether oxygens (including phenoxy) is 2. The maximum atomic E-state index is 11.8. The van der Waals surface area contributed by atoms with Gasteiger partial charge >= 0.3 is 5.97 Å². The van der Waals surface area contributed by atoms with E-state index in [-0.39, 0.29) is 30.8 Å². The van der Waals surface area contributed by atoms with E-state index < -0.39 is 0 Å². The molecule has 2 aliphatic heterocycles. The Hall–Kier alpha value is -2.30. The Balaban J connectivity index is 1.99. The van der Waals surface area contributed by atoms with Crippen molar-refractivity contribution in [3.8, 4) is 5.75 Å². The summed E-state index contributed by atoms with van der Waals surface area (Å²) in [7, 11) is 1.60. The molecule has 1 aromatic carbocycles. The van der Waals surface area contributed by atoms with Crippen molar-refractivity contribution in [3.63, 3.8) is 0 Å². The van der Waals surface area contributed by atoms with E-state index in [0.29, 0.717) is 11.3 Å². The number of nitrogens with one attached hydrogen (secondary N) is 1. The Kier molecular flexibility index (Phi) is 2.74. The zero-order valence-electron chi connectivity index (χ0n) is 10.4. The van der Waals surface area contributed by atoms with Crippen molar-refractivity contribution in [2.24, 2.45) is 0 Å². The lowest BCUT2D eigenvalue weighted by atomic mass is 9.85. The first-order valence-corrected chi connectivity index (χ1v) is 6.03. The minimum atomic E-state index is -0.337. The molecular weight excluding hydrogens is 246 g/mol. The first-order chi connectivity index (χ1) is 9.19. The fourth-order valence-corrected chi connectivity index (χ4v) is 2.50. The molecule has 0 saturated carbocycles. The van der Waals surface area contributed by atoms with E-state index in [4.69, 9.17) is 9.47 Å². The fourth-order valence-electron chi connectivity index (χ4n) is 2.50. The van der Waals surface area contributed by atoms with Gasteiger partial charge in [0.1, 0.15) is 12.4 Å². The molecule has 98 valence electrons. The number of hydrogen-bond donors (Lipinski definition) is 1. The predicted molar refractivity (Wildman–Crippen MR) is 66.5 cm³/mol. The summed E-state index contributed by atoms with van der Waals surface area (Å²) in [6, 6.07) is 7.39. The van der Waals surface area contributed by atoms with Crippen LogP contribution in [0.3, 0.4) is 0 Å². The van der Waals surface area contributed by atoms with Crippen molar-refractivity contribution in [2.75, 3.05) is 13.7 Å². The van der Waals surface area contributed by atoms with Crippen LogP contribution in [-0.2, 0) is 14.3 Å². The Morgan fingerprint density at radius 1 is 1.26 bits per heavy atom. The second-order valence-corrected chi connectivity index (χ2v) is 4.55. The van der Waals surface area contributed by atoms with Gasteiger partial charge < -0.3 is 14.8 Å². The highest BCUT2D eigenvalue weighted by Gasteiger charge is 2.38. The van der Waals surface area contributed by atoms with Gasteiger partial charge in [-0.3, -0.25) is 4.79 Å². The zero-order valence-corrected chi connectivity index (χ0v) is 10.4. The summed E-state index contributed by atoms with van der Waals surface area (Å²) < 4.78 is 10.1. The van der Waals surface area contributed by atoms with E-state index in [0.717, 1.165) is 11.3 Å². The first-order valence-electron chi connectivity index (χ1n) is 6.03. The van der Waals surface area contributed by atoms with Gasteiger partial charge in [-0.1, -0.05) is 12.1 Å². The second-order valence-electron chi connectivity index (χ2n) is 4.55. The van der Waals surface area contributed by atoms with Crippen LogP contribution in [0.25, 0.3) is 0 Å². The lowest BCUT2D eigenvalue weighted by Gasteiger charge is -2.22. The van der Waals surface area contributed by atoms with Crippen LogP contribution in [0.2, 0.25) is 0 Å². The highest BCUT2D eigenvalue weighted by molar-refractivity contribution is 5.98. The van der Waals surface area contributed by atoms with E-state index in [1.54, 1.807) is 7.11 Å². The molecule has 1 N–H and O–H groups in total. The normalized spacial score (nSPS) is 21.8. The number of rotatable bonds is 2. The van der Waals surface area contributed by atoms with Crippen LogP contribution < -0.4 is 10.1 Å². The van der Waals surface area contributed by atoms with Gasteiger partial charge in [0.2, 0.25) is 5.91 Å². The van der Waals surface area contributed by atoms with Crippen LogP contribution in [0, 0.1) is 0 Å². The molecule has 0 saturated heterocycles. The second kappa shape index (κ2) is 4.42. The van der Waals surface area contributed by atoms with Gasteiger partial charge in [-0.05, 0) is 17.7 Å². The van der Waals surface area contributed by atoms with Crippen LogP contribution >= 0.6 is 0 Å². The van der Waals surface area contributed by atoms with Gasteiger partial charge in [0, 0.05) is 12.3 Å². The number of benzene rings is 1. The number of hydrogen-bond acceptors (Lipinski definition) is 4. The highest BCUT2D eigenvalue weighted by atomic mass is 16.5. The van der Waals surface area contributed by atoms with Gasteiger partial charge in [0.25, 0.3) is 0 Å². The topological polar surface area (TPSA) is 64.6 Å². The number of carbonyl (C=O) groups excluding carboxylic acids is 2. The van der Waals surface area contributed by atoms with Crippen molar-refractivity contribution in [2.45, 2.75) is 12.3 Å². The minimum absolute atomic E-state index is 0.0853. The molecule has 1 atom stereocenters. The third-order valence-electron chi connectivity index (χ3n) is 3.44. The number of amides is 1. The summed E-state index contributed by atoms with van der Waals surface area (Å²) in [5, 5.41) is 2.70. The molecule has 0 unspecified atom stereocenters. The molecule has 5 nitrogen and oxygen atoms in total. The van der Waals surface area contributed by atoms with E-state index >= 15 is 0 Å². The molecule has 0 radical (unpaired) electrons. The lowest BCUT2D eigenvalue weighted by molar-refractivity contribution is -0.136. The summed E-state index contributed by atoms with van der Waals surface area (Å²) >= 11 is 0. The molecule has 1 amide bonds. The molecule has 0 aromatic heterocycles. The quantitative estimate of drug-likeness (QED) is 0.808. The van der Waals surface area contributed by atoms with Gasteiger partial charge in [-0.25, -0.2) is 4.79 Å². The Morgan fingerprint density at radius 2 is 2.00 bits per heavy atom. The standard InChI is InChI=1S/C14H13NO4/c1-18-9-4-2-8(3-5-9)10-6-12(16)15-11-7-19-14(17)13(10)11/h2-5,10H,6-7H2,1H3,(H,15,16)/t10-/m1/s1. The van der Waals surface area contributed by atoms with Gasteiger partial charge in [0.15, 0.2) is 0 Å². The molecule has 2 heterocycles. The van der Waals surface area contributed by atoms with Gasteiger partial charge in [0.05, 0.1) is 18.4 Å². The molecule has 2 aliphatic rings. The number of esters is 1. The largest absolute Gasteiger partial charge is 0.497 e. The van der Waals surface area contributed by atoms with Crippen LogP contribution in [-0.4, -0.2) is 25.6 Å². The van der Waals surface area contributed by atoms with E-state index in [1.807, 2.05) is 24.3 Å².